The number of anilines is 1. The topological polar surface area (TPSA) is 3.24 Å². The van der Waals surface area contributed by atoms with Crippen LogP contribution in [0.15, 0.2) is 24.3 Å². The Morgan fingerprint density at radius 2 is 2.11 bits per heavy atom. The molecule has 1 nitrogen and oxygen atoms in total. The van der Waals surface area contributed by atoms with Crippen molar-refractivity contribution in [1.82, 2.24) is 0 Å². The van der Waals surface area contributed by atoms with E-state index in [1.807, 2.05) is 0 Å². The van der Waals surface area contributed by atoms with E-state index in [4.69, 9.17) is 0 Å². The number of rotatable bonds is 5. The molecule has 1 unspecified atom stereocenters. The molecule has 1 atom stereocenters. The molecule has 1 heterocycles. The van der Waals surface area contributed by atoms with Crippen molar-refractivity contribution in [2.75, 3.05) is 23.3 Å². The van der Waals surface area contributed by atoms with Crippen LogP contribution in [-0.2, 0) is 6.42 Å². The molecule has 0 aliphatic carbocycles. The van der Waals surface area contributed by atoms with E-state index in [0.29, 0.717) is 0 Å². The van der Waals surface area contributed by atoms with Gasteiger partial charge in [-0.2, -0.15) is 0 Å². The second kappa shape index (κ2) is 7.18. The Hall–Kier alpha value is -0.500. The Morgan fingerprint density at radius 3 is 2.89 bits per heavy atom. The smallest absolute Gasteiger partial charge is 0.0398 e. The summed E-state index contributed by atoms with van der Waals surface area (Å²) in [6, 6.07) is 8.96. The maximum absolute atomic E-state index is 3.68. The lowest BCUT2D eigenvalue weighted by Gasteiger charge is -2.28. The van der Waals surface area contributed by atoms with Gasteiger partial charge in [0, 0.05) is 24.1 Å². The van der Waals surface area contributed by atoms with Crippen molar-refractivity contribution in [3.05, 3.63) is 29.8 Å². The minimum Gasteiger partial charge on any atom is -0.371 e. The van der Waals surface area contributed by atoms with E-state index in [-0.39, 0.29) is 0 Å². The number of aryl methyl sites for hydroxylation is 1. The second-order valence-electron chi connectivity index (χ2n) is 5.34. The van der Waals surface area contributed by atoms with Crippen LogP contribution in [0.4, 0.5) is 5.69 Å². The van der Waals surface area contributed by atoms with Gasteiger partial charge >= 0.3 is 0 Å². The molecule has 1 aliphatic rings. The van der Waals surface area contributed by atoms with Crippen LogP contribution in [0.2, 0.25) is 0 Å². The summed E-state index contributed by atoms with van der Waals surface area (Å²) in [6.07, 6.45) is 6.52. The maximum atomic E-state index is 3.68. The summed E-state index contributed by atoms with van der Waals surface area (Å²) in [5.74, 6) is 0.779. The monoisotopic (exact) mass is 309 g/mol. The van der Waals surface area contributed by atoms with E-state index in [1.165, 1.54) is 50.9 Å². The number of alkyl halides is 1. The van der Waals surface area contributed by atoms with Crippen LogP contribution < -0.4 is 4.90 Å². The summed E-state index contributed by atoms with van der Waals surface area (Å²) in [7, 11) is 0. The van der Waals surface area contributed by atoms with Gasteiger partial charge in [0.2, 0.25) is 0 Å². The van der Waals surface area contributed by atoms with Gasteiger partial charge in [0.25, 0.3) is 0 Å². The van der Waals surface area contributed by atoms with Crippen molar-refractivity contribution in [3.63, 3.8) is 0 Å². The Kier molecular flexibility index (Phi) is 5.55. The maximum Gasteiger partial charge on any atom is 0.0398 e. The Bertz CT molecular complexity index is 364. The predicted octanol–water partition coefficient (Wildman–Crippen LogP) is 4.64. The van der Waals surface area contributed by atoms with E-state index >= 15 is 0 Å². The summed E-state index contributed by atoms with van der Waals surface area (Å²) in [6.45, 7) is 4.71. The number of halogens is 1. The van der Waals surface area contributed by atoms with Crippen LogP contribution in [0, 0.1) is 5.92 Å². The minimum atomic E-state index is 0.779. The number of fused-ring (bicyclic) bond motifs is 1. The molecule has 0 amide bonds. The molecule has 2 heteroatoms. The normalized spacial score (nSPS) is 17.1. The number of nitrogens with zero attached hydrogens (tertiary/aromatic N) is 1. The van der Waals surface area contributed by atoms with Gasteiger partial charge in [-0.05, 0) is 43.2 Å². The fourth-order valence-corrected chi connectivity index (χ4v) is 3.42. The van der Waals surface area contributed by atoms with Crippen molar-refractivity contribution in [2.45, 2.75) is 39.0 Å². The first-order chi connectivity index (χ1) is 8.85. The highest BCUT2D eigenvalue weighted by Crippen LogP contribution is 2.27. The molecule has 1 aliphatic heterocycles. The fraction of sp³-hybridized carbons (Fsp3) is 0.625. The van der Waals surface area contributed by atoms with Crippen LogP contribution in [0.3, 0.4) is 0 Å². The molecule has 0 aromatic heterocycles. The zero-order chi connectivity index (χ0) is 12.8. The Balaban J connectivity index is 2.12. The van der Waals surface area contributed by atoms with Gasteiger partial charge in [0.05, 0.1) is 0 Å². The van der Waals surface area contributed by atoms with E-state index in [1.54, 1.807) is 5.56 Å². The summed E-state index contributed by atoms with van der Waals surface area (Å²) in [5, 5.41) is 1.12. The summed E-state index contributed by atoms with van der Waals surface area (Å²) in [4.78, 5) is 2.62. The second-order valence-corrected chi connectivity index (χ2v) is 5.99. The Labute approximate surface area is 120 Å². The predicted molar refractivity (Wildman–Crippen MR) is 83.8 cm³/mol. The van der Waals surface area contributed by atoms with Gasteiger partial charge in [-0.15, -0.1) is 0 Å². The third-order valence-electron chi connectivity index (χ3n) is 3.85. The first-order valence-electron chi connectivity index (χ1n) is 7.24. The Morgan fingerprint density at radius 1 is 1.28 bits per heavy atom. The average molecular weight is 310 g/mol. The van der Waals surface area contributed by atoms with Crippen LogP contribution in [-0.4, -0.2) is 18.4 Å². The molecule has 0 fully saturated rings. The third kappa shape index (κ3) is 3.50. The van der Waals surface area contributed by atoms with Crippen molar-refractivity contribution in [3.8, 4) is 0 Å². The number of benzene rings is 1. The van der Waals surface area contributed by atoms with Gasteiger partial charge in [-0.1, -0.05) is 47.5 Å². The number of hydrogen-bond acceptors (Lipinski definition) is 1. The van der Waals surface area contributed by atoms with Gasteiger partial charge in [-0.25, -0.2) is 0 Å². The molecule has 0 saturated heterocycles. The zero-order valence-corrected chi connectivity index (χ0v) is 13.0. The quantitative estimate of drug-likeness (QED) is 0.716. The van der Waals surface area contributed by atoms with Crippen molar-refractivity contribution in [2.24, 2.45) is 5.92 Å². The third-order valence-corrected chi connectivity index (χ3v) is 4.77. The van der Waals surface area contributed by atoms with Gasteiger partial charge < -0.3 is 4.90 Å². The first kappa shape index (κ1) is 13.9. The van der Waals surface area contributed by atoms with E-state index < -0.39 is 0 Å². The number of hydrogen-bond donors (Lipinski definition) is 0. The summed E-state index contributed by atoms with van der Waals surface area (Å²) in [5.41, 5.74) is 3.02. The van der Waals surface area contributed by atoms with Gasteiger partial charge in [-0.3, -0.25) is 0 Å². The highest BCUT2D eigenvalue weighted by Gasteiger charge is 2.17. The molecule has 0 spiro atoms. The van der Waals surface area contributed by atoms with E-state index in [0.717, 1.165) is 11.2 Å². The molecule has 0 radical (unpaired) electrons. The number of para-hydroxylation sites is 1. The SMILES string of the molecule is CCCC(CBr)CN1CCCCc2ccccc21. The standard InChI is InChI=1S/C16H24BrN/c1-2-7-14(12-17)13-18-11-6-5-9-15-8-3-4-10-16(15)18/h3-4,8,10,14H,2,5-7,9,11-13H2,1H3. The lowest BCUT2D eigenvalue weighted by atomic mass is 10.0. The average Bonchev–Trinajstić information content (AvgIpc) is 2.61. The van der Waals surface area contributed by atoms with Crippen LogP contribution in [0.1, 0.15) is 38.2 Å². The highest BCUT2D eigenvalue weighted by molar-refractivity contribution is 9.09. The molecule has 0 bridgehead atoms. The highest BCUT2D eigenvalue weighted by atomic mass is 79.9. The van der Waals surface area contributed by atoms with Crippen molar-refractivity contribution < 1.29 is 0 Å². The van der Waals surface area contributed by atoms with Crippen LogP contribution in [0.5, 0.6) is 0 Å². The van der Waals surface area contributed by atoms with E-state index in [9.17, 15) is 0 Å². The molecule has 0 N–H and O–H groups in total. The zero-order valence-electron chi connectivity index (χ0n) is 11.4. The molecular formula is C16H24BrN. The lowest BCUT2D eigenvalue weighted by molar-refractivity contribution is 0.519. The summed E-state index contributed by atoms with van der Waals surface area (Å²) < 4.78 is 0. The fourth-order valence-electron chi connectivity index (χ4n) is 2.90. The van der Waals surface area contributed by atoms with Crippen molar-refractivity contribution >= 4 is 21.6 Å². The molecule has 100 valence electrons. The van der Waals surface area contributed by atoms with Crippen LogP contribution in [0.25, 0.3) is 0 Å². The molecule has 1 aromatic rings. The van der Waals surface area contributed by atoms with E-state index in [2.05, 4.69) is 52.0 Å². The molecule has 18 heavy (non-hydrogen) atoms. The molecule has 1 aromatic carbocycles. The largest absolute Gasteiger partial charge is 0.371 e. The molecular weight excluding hydrogens is 286 g/mol. The van der Waals surface area contributed by atoms with Gasteiger partial charge in [0.15, 0.2) is 0 Å². The lowest BCUT2D eigenvalue weighted by Crippen LogP contribution is -2.31. The van der Waals surface area contributed by atoms with Gasteiger partial charge in [0.1, 0.15) is 0 Å². The summed E-state index contributed by atoms with van der Waals surface area (Å²) >= 11 is 3.68. The molecule has 2 rings (SSSR count). The van der Waals surface area contributed by atoms with Crippen LogP contribution >= 0.6 is 15.9 Å². The first-order valence-corrected chi connectivity index (χ1v) is 8.36. The molecule has 0 saturated carbocycles. The minimum absolute atomic E-state index is 0.779. The van der Waals surface area contributed by atoms with Crippen molar-refractivity contribution in [1.29, 1.82) is 0 Å².